The number of aryl methyl sites for hydroxylation is 1. The van der Waals surface area contributed by atoms with Gasteiger partial charge in [0, 0.05) is 6.42 Å². The van der Waals surface area contributed by atoms with Gasteiger partial charge in [0.15, 0.2) is 4.64 Å². The minimum atomic E-state index is -2.57. The molecule has 4 nitrogen and oxygen atoms in total. The molecule has 0 aliphatic rings. The lowest BCUT2D eigenvalue weighted by Gasteiger charge is -2.14. The van der Waals surface area contributed by atoms with Crippen LogP contribution in [0.3, 0.4) is 0 Å². The number of pyridine rings is 1. The number of aromatic nitrogens is 1. The minimum Gasteiger partial charge on any atom is -0.805 e. The van der Waals surface area contributed by atoms with E-state index in [0.29, 0.717) is 16.7 Å². The van der Waals surface area contributed by atoms with E-state index >= 15 is 0 Å². The zero-order valence-electron chi connectivity index (χ0n) is 12.0. The van der Waals surface area contributed by atoms with Gasteiger partial charge in [0.1, 0.15) is 0 Å². The summed E-state index contributed by atoms with van der Waals surface area (Å²) in [7, 11) is -2.57. The van der Waals surface area contributed by atoms with E-state index in [1.165, 1.54) is 6.20 Å². The fourth-order valence-corrected chi connectivity index (χ4v) is 3.27. The first-order valence-corrected chi connectivity index (χ1v) is 7.93. The van der Waals surface area contributed by atoms with Crippen LogP contribution in [-0.4, -0.2) is 13.1 Å². The molecule has 0 atom stereocenters. The number of hydrogen-bond donors (Lipinski definition) is 0. The first-order chi connectivity index (χ1) is 10.6. The van der Waals surface area contributed by atoms with Crippen molar-refractivity contribution < 1.29 is 8.42 Å². The molecule has 0 aliphatic carbocycles. The lowest BCUT2D eigenvalue weighted by Crippen LogP contribution is -2.01. The number of nitrogens with zero attached hydrogens (tertiary/aromatic N) is 1. The van der Waals surface area contributed by atoms with Crippen molar-refractivity contribution in [3.8, 4) is 0 Å². The van der Waals surface area contributed by atoms with Crippen LogP contribution in [0.4, 0.5) is 0 Å². The first-order valence-electron chi connectivity index (χ1n) is 6.85. The maximum absolute atomic E-state index is 11.7. The Morgan fingerprint density at radius 2 is 1.82 bits per heavy atom. The largest absolute Gasteiger partial charge is 0.805 e. The molecule has 0 N–H and O–H groups in total. The van der Waals surface area contributed by atoms with E-state index in [2.05, 4.69) is 0 Å². The van der Waals surface area contributed by atoms with Gasteiger partial charge >= 0.3 is 0 Å². The summed E-state index contributed by atoms with van der Waals surface area (Å²) in [5.74, 6) is 0. The third-order valence-corrected chi connectivity index (χ3v) is 4.55. The van der Waals surface area contributed by atoms with Gasteiger partial charge in [-0.1, -0.05) is 42.5 Å². The molecular weight excluding hydrogens is 298 g/mol. The third-order valence-electron chi connectivity index (χ3n) is 3.79. The Kier molecular flexibility index (Phi) is 3.73. The van der Waals surface area contributed by atoms with Crippen molar-refractivity contribution in [2.75, 3.05) is 0 Å². The highest BCUT2D eigenvalue weighted by Gasteiger charge is 2.08. The summed E-state index contributed by atoms with van der Waals surface area (Å²) in [5, 5.41) is 13.9. The van der Waals surface area contributed by atoms with Gasteiger partial charge in [-0.2, -0.15) is 8.42 Å². The molecule has 3 aromatic rings. The highest BCUT2D eigenvalue weighted by Crippen LogP contribution is 2.24. The Hall–Kier alpha value is -2.53. The maximum atomic E-state index is 11.7. The lowest BCUT2D eigenvalue weighted by molar-refractivity contribution is 0.623. The molecule has 0 bridgehead atoms. The van der Waals surface area contributed by atoms with E-state index < -0.39 is 10.3 Å². The number of hydrogen-bond acceptors (Lipinski definition) is 3. The molecule has 0 unspecified atom stereocenters. The molecule has 5 heteroatoms. The Morgan fingerprint density at radius 1 is 1.05 bits per heavy atom. The molecule has 2 aromatic carbocycles. The van der Waals surface area contributed by atoms with E-state index in [0.717, 1.165) is 21.9 Å². The number of benzene rings is 2. The van der Waals surface area contributed by atoms with Crippen molar-refractivity contribution in [1.29, 1.82) is 0 Å². The van der Waals surface area contributed by atoms with Gasteiger partial charge in [-0.05, 0) is 46.6 Å². The number of rotatable bonds is 2. The Balaban J connectivity index is 2.27. The molecule has 0 aliphatic heterocycles. The molecular formula is C17H14NO3S-. The van der Waals surface area contributed by atoms with E-state index in [1.807, 2.05) is 43.3 Å². The monoisotopic (exact) mass is 312 g/mol. The summed E-state index contributed by atoms with van der Waals surface area (Å²) in [6.45, 7) is 1.99. The van der Waals surface area contributed by atoms with Crippen molar-refractivity contribution in [2.45, 2.75) is 13.3 Å². The second-order valence-corrected chi connectivity index (χ2v) is 6.01. The second kappa shape index (κ2) is 5.69. The fourth-order valence-electron chi connectivity index (χ4n) is 2.70. The maximum Gasteiger partial charge on any atom is 0.238 e. The Labute approximate surface area is 129 Å². The molecule has 1 aromatic heterocycles. The second-order valence-electron chi connectivity index (χ2n) is 5.16. The van der Waals surface area contributed by atoms with Crippen molar-refractivity contribution in [3.63, 3.8) is 0 Å². The van der Waals surface area contributed by atoms with Crippen LogP contribution in [0.1, 0.15) is 16.7 Å². The van der Waals surface area contributed by atoms with Crippen LogP contribution in [0.25, 0.3) is 10.8 Å². The Morgan fingerprint density at radius 3 is 2.59 bits per heavy atom. The van der Waals surface area contributed by atoms with Crippen LogP contribution in [0.15, 0.2) is 54.7 Å². The summed E-state index contributed by atoms with van der Waals surface area (Å²) in [6.07, 6.45) is 1.60. The zero-order chi connectivity index (χ0) is 15.7. The topological polar surface area (TPSA) is 62.1 Å². The van der Waals surface area contributed by atoms with Crippen LogP contribution in [0.5, 0.6) is 0 Å². The summed E-state index contributed by atoms with van der Waals surface area (Å²) in [4.78, 5) is 0. The summed E-state index contributed by atoms with van der Waals surface area (Å²) in [5.41, 5.74) is 2.61. The van der Waals surface area contributed by atoms with Crippen LogP contribution in [-0.2, 0) is 16.7 Å². The summed E-state index contributed by atoms with van der Waals surface area (Å²) < 4.78 is 22.9. The van der Waals surface area contributed by atoms with E-state index in [1.54, 1.807) is 12.1 Å². The average Bonchev–Trinajstić information content (AvgIpc) is 2.50. The number of fused-ring (bicyclic) bond motifs is 1. The van der Waals surface area contributed by atoms with Crippen molar-refractivity contribution in [3.05, 3.63) is 81.3 Å². The van der Waals surface area contributed by atoms with E-state index in [4.69, 9.17) is 0 Å². The first kappa shape index (κ1) is 14.4. The van der Waals surface area contributed by atoms with Crippen molar-refractivity contribution >= 4 is 21.1 Å². The molecule has 22 heavy (non-hydrogen) atoms. The van der Waals surface area contributed by atoms with Gasteiger partial charge in [0.05, 0.1) is 0 Å². The quantitative estimate of drug-likeness (QED) is 0.682. The highest BCUT2D eigenvalue weighted by molar-refractivity contribution is 7.63. The summed E-state index contributed by atoms with van der Waals surface area (Å²) in [6, 6.07) is 15.3. The third kappa shape index (κ3) is 2.51. The molecule has 0 spiro atoms. The molecule has 112 valence electrons. The van der Waals surface area contributed by atoms with Crippen LogP contribution in [0.2, 0.25) is 0 Å². The van der Waals surface area contributed by atoms with Gasteiger partial charge < -0.3 is 9.94 Å². The molecule has 0 saturated heterocycles. The predicted octanol–water partition coefficient (Wildman–Crippen LogP) is 3.30. The van der Waals surface area contributed by atoms with Crippen molar-refractivity contribution in [1.82, 2.24) is 4.73 Å². The van der Waals surface area contributed by atoms with Gasteiger partial charge in [0.25, 0.3) is 0 Å². The molecule has 0 radical (unpaired) electrons. The summed E-state index contributed by atoms with van der Waals surface area (Å²) >= 11 is 0. The lowest BCUT2D eigenvalue weighted by atomic mass is 9.95. The van der Waals surface area contributed by atoms with Gasteiger partial charge in [-0.25, -0.2) is 0 Å². The smallest absolute Gasteiger partial charge is 0.238 e. The molecule has 3 rings (SSSR count). The van der Waals surface area contributed by atoms with Gasteiger partial charge in [-0.3, -0.25) is 0 Å². The van der Waals surface area contributed by atoms with E-state index in [-0.39, 0.29) is 4.64 Å². The predicted molar refractivity (Wildman–Crippen MR) is 86.9 cm³/mol. The van der Waals surface area contributed by atoms with Crippen LogP contribution in [0, 0.1) is 16.8 Å². The molecule has 0 saturated carbocycles. The standard InChI is InChI=1S/C17H14NO3S/c1-12-8-9-13-5-2-3-7-15(13)16(12)11-14-6-4-10-18(19)17(14)22(20)21/h2-10H,11H2,1H3/q-1. The van der Waals surface area contributed by atoms with Gasteiger partial charge in [0.2, 0.25) is 10.3 Å². The SMILES string of the molecule is Cc1ccc2ccccc2c1Cc1cccn([O-])c1=S(=O)=O. The fraction of sp³-hybridized carbons (Fsp3) is 0.118. The zero-order valence-corrected chi connectivity index (χ0v) is 12.8. The van der Waals surface area contributed by atoms with Crippen LogP contribution < -0.4 is 0 Å². The molecule has 1 heterocycles. The van der Waals surface area contributed by atoms with Gasteiger partial charge in [-0.15, -0.1) is 0 Å². The molecule has 0 fully saturated rings. The highest BCUT2D eigenvalue weighted by atomic mass is 32.2. The normalized spacial score (nSPS) is 10.8. The molecule has 0 amide bonds. The van der Waals surface area contributed by atoms with Crippen molar-refractivity contribution in [2.24, 2.45) is 0 Å². The van der Waals surface area contributed by atoms with Crippen LogP contribution >= 0.6 is 0 Å². The average molecular weight is 312 g/mol. The van der Waals surface area contributed by atoms with E-state index in [9.17, 15) is 13.6 Å². The Bertz CT molecular complexity index is 1030. The minimum absolute atomic E-state index is 0.213.